The fourth-order valence-electron chi connectivity index (χ4n) is 2.42. The zero-order valence-electron chi connectivity index (χ0n) is 12.7. The number of nitrogens with two attached hydrogens (primary N) is 1. The van der Waals surface area contributed by atoms with Crippen LogP contribution in [-0.4, -0.2) is 13.1 Å². The van der Waals surface area contributed by atoms with E-state index in [1.807, 2.05) is 6.07 Å². The lowest BCUT2D eigenvalue weighted by molar-refractivity contribution is 0.604. The average Bonchev–Trinajstić information content (AvgIpc) is 2.49. The molecule has 0 aromatic heterocycles. The Morgan fingerprint density at radius 1 is 1.14 bits per heavy atom. The van der Waals surface area contributed by atoms with Gasteiger partial charge in [-0.25, -0.2) is 4.39 Å². The summed E-state index contributed by atoms with van der Waals surface area (Å²) in [6.45, 7) is 6.00. The molecule has 2 aromatic carbocycles. The van der Waals surface area contributed by atoms with Gasteiger partial charge in [-0.05, 0) is 50.1 Å². The number of halogens is 1. The molecule has 1 unspecified atom stereocenters. The van der Waals surface area contributed by atoms with Crippen LogP contribution in [0.2, 0.25) is 0 Å². The second kappa shape index (κ2) is 7.23. The molecule has 3 heteroatoms. The standard InChI is InChI=1S/C18H23FN2/c1-3-21(17-9-7-14(2)8-10-17)12-11-18(20)15-5-4-6-16(19)13-15/h4-10,13,18H,3,11-12,20H2,1-2H3. The van der Waals surface area contributed by atoms with E-state index in [1.165, 1.54) is 23.4 Å². The summed E-state index contributed by atoms with van der Waals surface area (Å²) < 4.78 is 13.2. The number of hydrogen-bond donors (Lipinski definition) is 1. The van der Waals surface area contributed by atoms with Gasteiger partial charge in [0.05, 0.1) is 0 Å². The first-order chi connectivity index (χ1) is 10.1. The van der Waals surface area contributed by atoms with Crippen molar-refractivity contribution < 1.29 is 4.39 Å². The summed E-state index contributed by atoms with van der Waals surface area (Å²) in [6.07, 6.45) is 0.797. The molecule has 0 radical (unpaired) electrons. The largest absolute Gasteiger partial charge is 0.372 e. The smallest absolute Gasteiger partial charge is 0.123 e. The first-order valence-electron chi connectivity index (χ1n) is 7.43. The number of benzene rings is 2. The van der Waals surface area contributed by atoms with Crippen LogP contribution < -0.4 is 10.6 Å². The molecule has 21 heavy (non-hydrogen) atoms. The Morgan fingerprint density at radius 2 is 1.86 bits per heavy atom. The monoisotopic (exact) mass is 286 g/mol. The molecule has 0 aliphatic carbocycles. The molecule has 2 nitrogen and oxygen atoms in total. The Bertz CT molecular complexity index is 566. The highest BCUT2D eigenvalue weighted by molar-refractivity contribution is 5.47. The van der Waals surface area contributed by atoms with E-state index < -0.39 is 0 Å². The van der Waals surface area contributed by atoms with Crippen LogP contribution in [0.3, 0.4) is 0 Å². The van der Waals surface area contributed by atoms with E-state index in [1.54, 1.807) is 6.07 Å². The molecular weight excluding hydrogens is 263 g/mol. The van der Waals surface area contributed by atoms with Gasteiger partial charge < -0.3 is 10.6 Å². The van der Waals surface area contributed by atoms with Crippen molar-refractivity contribution in [3.8, 4) is 0 Å². The predicted molar refractivity (Wildman–Crippen MR) is 87.0 cm³/mol. The van der Waals surface area contributed by atoms with Crippen LogP contribution in [-0.2, 0) is 0 Å². The van der Waals surface area contributed by atoms with Gasteiger partial charge >= 0.3 is 0 Å². The fourth-order valence-corrected chi connectivity index (χ4v) is 2.42. The number of anilines is 1. The highest BCUT2D eigenvalue weighted by Gasteiger charge is 2.10. The minimum absolute atomic E-state index is 0.139. The van der Waals surface area contributed by atoms with Gasteiger partial charge in [-0.2, -0.15) is 0 Å². The molecule has 112 valence electrons. The SMILES string of the molecule is CCN(CCC(N)c1cccc(F)c1)c1ccc(C)cc1. The molecule has 1 atom stereocenters. The normalized spacial score (nSPS) is 12.2. The molecule has 0 aliphatic heterocycles. The van der Waals surface area contributed by atoms with Gasteiger partial charge in [-0.15, -0.1) is 0 Å². The molecule has 2 N–H and O–H groups in total. The van der Waals surface area contributed by atoms with Crippen LogP contribution in [0, 0.1) is 12.7 Å². The van der Waals surface area contributed by atoms with Crippen molar-refractivity contribution in [2.24, 2.45) is 5.73 Å². The summed E-state index contributed by atoms with van der Waals surface area (Å²) in [4.78, 5) is 2.29. The summed E-state index contributed by atoms with van der Waals surface area (Å²) >= 11 is 0. The van der Waals surface area contributed by atoms with Crippen molar-refractivity contribution in [3.63, 3.8) is 0 Å². The highest BCUT2D eigenvalue weighted by atomic mass is 19.1. The molecule has 0 heterocycles. The van der Waals surface area contributed by atoms with Crippen LogP contribution in [0.5, 0.6) is 0 Å². The molecule has 0 amide bonds. The third kappa shape index (κ3) is 4.30. The molecule has 0 saturated heterocycles. The summed E-state index contributed by atoms with van der Waals surface area (Å²) in [7, 11) is 0. The van der Waals surface area contributed by atoms with Crippen molar-refractivity contribution in [3.05, 3.63) is 65.5 Å². The Morgan fingerprint density at radius 3 is 2.48 bits per heavy atom. The van der Waals surface area contributed by atoms with Crippen LogP contribution in [0.25, 0.3) is 0 Å². The maximum Gasteiger partial charge on any atom is 0.123 e. The first-order valence-corrected chi connectivity index (χ1v) is 7.43. The van der Waals surface area contributed by atoms with Gasteiger partial charge in [0.1, 0.15) is 5.82 Å². The van der Waals surface area contributed by atoms with E-state index in [-0.39, 0.29) is 11.9 Å². The van der Waals surface area contributed by atoms with Gasteiger partial charge in [-0.1, -0.05) is 29.8 Å². The van der Waals surface area contributed by atoms with Crippen molar-refractivity contribution in [2.45, 2.75) is 26.3 Å². The summed E-state index contributed by atoms with van der Waals surface area (Å²) in [5, 5.41) is 0. The van der Waals surface area contributed by atoms with E-state index >= 15 is 0 Å². The Kier molecular flexibility index (Phi) is 5.34. The Balaban J connectivity index is 1.98. The highest BCUT2D eigenvalue weighted by Crippen LogP contribution is 2.19. The van der Waals surface area contributed by atoms with Crippen molar-refractivity contribution in [1.29, 1.82) is 0 Å². The maximum atomic E-state index is 13.2. The van der Waals surface area contributed by atoms with Gasteiger partial charge in [0, 0.05) is 24.8 Å². The van der Waals surface area contributed by atoms with Crippen LogP contribution in [0.15, 0.2) is 48.5 Å². The zero-order valence-corrected chi connectivity index (χ0v) is 12.7. The summed E-state index contributed by atoms with van der Waals surface area (Å²) in [5.41, 5.74) is 9.49. The maximum absolute atomic E-state index is 13.2. The lowest BCUT2D eigenvalue weighted by Crippen LogP contribution is -2.27. The molecule has 2 aromatic rings. The molecular formula is C18H23FN2. The van der Waals surface area contributed by atoms with Crippen molar-refractivity contribution in [2.75, 3.05) is 18.0 Å². The van der Waals surface area contributed by atoms with Crippen LogP contribution >= 0.6 is 0 Å². The first kappa shape index (κ1) is 15.5. The van der Waals surface area contributed by atoms with Crippen LogP contribution in [0.4, 0.5) is 10.1 Å². The lowest BCUT2D eigenvalue weighted by Gasteiger charge is -2.25. The Labute approximate surface area is 126 Å². The Hall–Kier alpha value is -1.87. The second-order valence-electron chi connectivity index (χ2n) is 5.37. The molecule has 0 aliphatic rings. The summed E-state index contributed by atoms with van der Waals surface area (Å²) in [5.74, 6) is -0.228. The summed E-state index contributed by atoms with van der Waals surface area (Å²) in [6, 6.07) is 14.9. The van der Waals surface area contributed by atoms with E-state index in [0.717, 1.165) is 25.1 Å². The molecule has 2 rings (SSSR count). The van der Waals surface area contributed by atoms with E-state index in [2.05, 4.69) is 43.0 Å². The van der Waals surface area contributed by atoms with Gasteiger partial charge in [0.15, 0.2) is 0 Å². The fraction of sp³-hybridized carbons (Fsp3) is 0.333. The number of nitrogens with zero attached hydrogens (tertiary/aromatic N) is 1. The van der Waals surface area contributed by atoms with Gasteiger partial charge in [0.25, 0.3) is 0 Å². The molecule has 0 spiro atoms. The molecule has 0 fully saturated rings. The lowest BCUT2D eigenvalue weighted by atomic mass is 10.0. The number of rotatable bonds is 6. The van der Waals surface area contributed by atoms with E-state index in [9.17, 15) is 4.39 Å². The zero-order chi connectivity index (χ0) is 15.2. The third-order valence-electron chi connectivity index (χ3n) is 3.77. The van der Waals surface area contributed by atoms with Crippen molar-refractivity contribution in [1.82, 2.24) is 0 Å². The second-order valence-corrected chi connectivity index (χ2v) is 5.37. The topological polar surface area (TPSA) is 29.3 Å². The molecule has 0 saturated carbocycles. The quantitative estimate of drug-likeness (QED) is 0.868. The van der Waals surface area contributed by atoms with Gasteiger partial charge in [-0.3, -0.25) is 0 Å². The third-order valence-corrected chi connectivity index (χ3v) is 3.77. The van der Waals surface area contributed by atoms with Crippen LogP contribution in [0.1, 0.15) is 30.5 Å². The van der Waals surface area contributed by atoms with E-state index in [4.69, 9.17) is 5.73 Å². The van der Waals surface area contributed by atoms with Gasteiger partial charge in [0.2, 0.25) is 0 Å². The average molecular weight is 286 g/mol. The van der Waals surface area contributed by atoms with E-state index in [0.29, 0.717) is 0 Å². The number of hydrogen-bond acceptors (Lipinski definition) is 2. The minimum Gasteiger partial charge on any atom is -0.372 e. The predicted octanol–water partition coefficient (Wildman–Crippen LogP) is 4.05. The van der Waals surface area contributed by atoms with Crippen molar-refractivity contribution >= 4 is 5.69 Å². The minimum atomic E-state index is -0.228. The number of aryl methyl sites for hydroxylation is 1. The molecule has 0 bridgehead atoms.